The van der Waals surface area contributed by atoms with E-state index in [4.69, 9.17) is 4.74 Å². The molecule has 4 aromatic rings. The van der Waals surface area contributed by atoms with Crippen LogP contribution in [0.4, 0.5) is 5.13 Å². The molecule has 1 aliphatic rings. The number of ether oxygens (including phenoxy) is 1. The quantitative estimate of drug-likeness (QED) is 0.257. The van der Waals surface area contributed by atoms with Gasteiger partial charge in [-0.1, -0.05) is 47.2 Å². The Hall–Kier alpha value is -4.04. The number of fused-ring (bicyclic) bond motifs is 1. The molecule has 2 aromatic heterocycles. The number of Topliss-reactive ketones (excluding diaryl/α,β-unsaturated/α-hetero) is 1. The van der Waals surface area contributed by atoms with E-state index in [0.29, 0.717) is 27.7 Å². The summed E-state index contributed by atoms with van der Waals surface area (Å²) in [6.07, 6.45) is 1.59. The first-order chi connectivity index (χ1) is 16.4. The first-order valence-corrected chi connectivity index (χ1v) is 11.4. The van der Waals surface area contributed by atoms with Gasteiger partial charge in [-0.15, -0.1) is 0 Å². The predicted molar refractivity (Wildman–Crippen MR) is 131 cm³/mol. The molecule has 0 saturated carbocycles. The fraction of sp³-hybridized carbons (Fsp3) is 0.154. The summed E-state index contributed by atoms with van der Waals surface area (Å²) >= 11 is 1.28. The maximum Gasteiger partial charge on any atom is 0.301 e. The molecule has 0 aliphatic carbocycles. The molecule has 1 N–H and O–H groups in total. The Morgan fingerprint density at radius 1 is 1.09 bits per heavy atom. The molecule has 7 nitrogen and oxygen atoms in total. The summed E-state index contributed by atoms with van der Waals surface area (Å²) in [7, 11) is 1.60. The lowest BCUT2D eigenvalue weighted by Crippen LogP contribution is -2.29. The van der Waals surface area contributed by atoms with Gasteiger partial charge in [0.1, 0.15) is 17.6 Å². The van der Waals surface area contributed by atoms with Crippen molar-refractivity contribution >= 4 is 44.1 Å². The van der Waals surface area contributed by atoms with Crippen molar-refractivity contribution in [3.8, 4) is 5.75 Å². The van der Waals surface area contributed by atoms with Crippen molar-refractivity contribution in [3.05, 3.63) is 88.8 Å². The summed E-state index contributed by atoms with van der Waals surface area (Å²) in [5, 5.41) is 11.5. The zero-order valence-electron chi connectivity index (χ0n) is 18.8. The summed E-state index contributed by atoms with van der Waals surface area (Å²) in [5.74, 6) is -1.06. The van der Waals surface area contributed by atoms with Gasteiger partial charge in [-0.05, 0) is 43.7 Å². The molecule has 0 bridgehead atoms. The third-order valence-electron chi connectivity index (χ3n) is 5.84. The number of aliphatic hydroxyl groups excluding tert-OH is 1. The number of aromatic nitrogens is 2. The van der Waals surface area contributed by atoms with Crippen LogP contribution < -0.4 is 9.64 Å². The lowest BCUT2D eigenvalue weighted by molar-refractivity contribution is -0.132. The van der Waals surface area contributed by atoms with Gasteiger partial charge < -0.3 is 9.84 Å². The summed E-state index contributed by atoms with van der Waals surface area (Å²) in [6, 6.07) is 15.2. The van der Waals surface area contributed by atoms with Crippen LogP contribution in [0.1, 0.15) is 28.4 Å². The Bertz CT molecular complexity index is 1460. The van der Waals surface area contributed by atoms with Crippen LogP contribution >= 0.6 is 11.3 Å². The van der Waals surface area contributed by atoms with E-state index >= 15 is 0 Å². The molecule has 1 atom stereocenters. The third-order valence-corrected chi connectivity index (χ3v) is 6.85. The van der Waals surface area contributed by atoms with Crippen molar-refractivity contribution in [2.75, 3.05) is 12.0 Å². The number of hydrogen-bond donors (Lipinski definition) is 1. The maximum absolute atomic E-state index is 13.3. The second kappa shape index (κ2) is 8.39. The summed E-state index contributed by atoms with van der Waals surface area (Å²) in [6.45, 7) is 3.85. The van der Waals surface area contributed by atoms with Crippen LogP contribution in [-0.4, -0.2) is 33.9 Å². The number of amides is 1. The standard InChI is InChI=1S/C26H21N3O4S/c1-14-7-9-16(10-8-14)23(30)21-22(17-6-4-5-11-27-17)29(25(32)24(21)31)26-28-18-12-15(2)19(33-3)13-20(18)34-26/h4-13,22,30H,1-3H3/b23-21+. The minimum Gasteiger partial charge on any atom is -0.507 e. The minimum atomic E-state index is -0.911. The Morgan fingerprint density at radius 2 is 1.85 bits per heavy atom. The number of benzene rings is 2. The highest BCUT2D eigenvalue weighted by Gasteiger charge is 2.48. The fourth-order valence-corrected chi connectivity index (χ4v) is 5.09. The summed E-state index contributed by atoms with van der Waals surface area (Å²) in [4.78, 5) is 36.9. The van der Waals surface area contributed by atoms with Gasteiger partial charge in [0.05, 0.1) is 28.6 Å². The maximum atomic E-state index is 13.3. The lowest BCUT2D eigenvalue weighted by atomic mass is 9.98. The van der Waals surface area contributed by atoms with E-state index in [9.17, 15) is 14.7 Å². The molecule has 1 fully saturated rings. The highest BCUT2D eigenvalue weighted by molar-refractivity contribution is 7.22. The Morgan fingerprint density at radius 3 is 2.53 bits per heavy atom. The summed E-state index contributed by atoms with van der Waals surface area (Å²) < 4.78 is 6.23. The number of thiazole rings is 1. The van der Waals surface area contributed by atoms with Gasteiger partial charge in [0.25, 0.3) is 5.78 Å². The second-order valence-corrected chi connectivity index (χ2v) is 9.08. The van der Waals surface area contributed by atoms with Gasteiger partial charge in [0, 0.05) is 11.8 Å². The monoisotopic (exact) mass is 471 g/mol. The number of aliphatic hydroxyl groups is 1. The largest absolute Gasteiger partial charge is 0.507 e. The molecule has 1 saturated heterocycles. The molecule has 34 heavy (non-hydrogen) atoms. The number of rotatable bonds is 4. The molecular weight excluding hydrogens is 450 g/mol. The Balaban J connectivity index is 1.71. The number of pyridine rings is 1. The van der Waals surface area contributed by atoms with Gasteiger partial charge in [-0.2, -0.15) is 0 Å². The number of nitrogens with zero attached hydrogens (tertiary/aromatic N) is 3. The highest BCUT2D eigenvalue weighted by Crippen LogP contribution is 2.44. The van der Waals surface area contributed by atoms with E-state index in [0.717, 1.165) is 15.8 Å². The topological polar surface area (TPSA) is 92.6 Å². The van der Waals surface area contributed by atoms with Crippen LogP contribution in [0.15, 0.2) is 66.4 Å². The number of ketones is 1. The van der Waals surface area contributed by atoms with Gasteiger partial charge in [0.15, 0.2) is 5.13 Å². The smallest absolute Gasteiger partial charge is 0.301 e. The van der Waals surface area contributed by atoms with E-state index in [1.54, 1.807) is 43.6 Å². The molecule has 3 heterocycles. The van der Waals surface area contributed by atoms with Crippen molar-refractivity contribution in [3.63, 3.8) is 0 Å². The first kappa shape index (κ1) is 21.8. The highest BCUT2D eigenvalue weighted by atomic mass is 32.1. The van der Waals surface area contributed by atoms with Crippen molar-refractivity contribution in [2.45, 2.75) is 19.9 Å². The summed E-state index contributed by atoms with van der Waals surface area (Å²) in [5.41, 5.74) is 3.52. The lowest BCUT2D eigenvalue weighted by Gasteiger charge is -2.21. The molecule has 1 aliphatic heterocycles. The second-order valence-electron chi connectivity index (χ2n) is 8.08. The molecule has 1 amide bonds. The van der Waals surface area contributed by atoms with Gasteiger partial charge >= 0.3 is 5.91 Å². The molecule has 5 rings (SSSR count). The van der Waals surface area contributed by atoms with Crippen LogP contribution in [0.2, 0.25) is 0 Å². The number of carbonyl (C=O) groups is 2. The van der Waals surface area contributed by atoms with Crippen molar-refractivity contribution in [1.82, 2.24) is 9.97 Å². The Kier molecular flexibility index (Phi) is 5.37. The molecule has 0 spiro atoms. The van der Waals surface area contributed by atoms with E-state index < -0.39 is 17.7 Å². The fourth-order valence-electron chi connectivity index (χ4n) is 4.08. The number of aryl methyl sites for hydroxylation is 2. The van der Waals surface area contributed by atoms with Gasteiger partial charge in [-0.25, -0.2) is 4.98 Å². The van der Waals surface area contributed by atoms with Gasteiger partial charge in [-0.3, -0.25) is 19.5 Å². The van der Waals surface area contributed by atoms with Crippen LogP contribution in [0.25, 0.3) is 16.0 Å². The van der Waals surface area contributed by atoms with E-state index in [-0.39, 0.29) is 11.3 Å². The first-order valence-electron chi connectivity index (χ1n) is 10.6. The molecule has 2 aromatic carbocycles. The average molecular weight is 472 g/mol. The zero-order valence-corrected chi connectivity index (χ0v) is 19.6. The van der Waals surface area contributed by atoms with Crippen molar-refractivity contribution < 1.29 is 19.4 Å². The normalized spacial score (nSPS) is 17.5. The minimum absolute atomic E-state index is 0.0134. The van der Waals surface area contributed by atoms with Crippen molar-refractivity contribution in [2.24, 2.45) is 0 Å². The van der Waals surface area contributed by atoms with Crippen LogP contribution in [0.5, 0.6) is 5.75 Å². The van der Waals surface area contributed by atoms with E-state index in [1.807, 2.05) is 38.1 Å². The van der Waals surface area contributed by atoms with E-state index in [2.05, 4.69) is 9.97 Å². The number of hydrogen-bond acceptors (Lipinski definition) is 7. The molecule has 8 heteroatoms. The zero-order chi connectivity index (χ0) is 24.0. The molecule has 0 radical (unpaired) electrons. The third kappa shape index (κ3) is 3.52. The number of anilines is 1. The van der Waals surface area contributed by atoms with Crippen LogP contribution in [0.3, 0.4) is 0 Å². The van der Waals surface area contributed by atoms with E-state index in [1.165, 1.54) is 16.2 Å². The number of methoxy groups -OCH3 is 1. The Labute approximate surface area is 200 Å². The predicted octanol–water partition coefficient (Wildman–Crippen LogP) is 4.94. The van der Waals surface area contributed by atoms with Crippen LogP contribution in [-0.2, 0) is 9.59 Å². The molecule has 1 unspecified atom stereocenters. The van der Waals surface area contributed by atoms with Gasteiger partial charge in [0.2, 0.25) is 0 Å². The average Bonchev–Trinajstić information content (AvgIpc) is 3.36. The number of carbonyl (C=O) groups excluding carboxylic acids is 2. The van der Waals surface area contributed by atoms with Crippen LogP contribution in [0, 0.1) is 13.8 Å². The SMILES string of the molecule is COc1cc2sc(N3C(=O)C(=O)/C(=C(/O)c4ccc(C)cc4)C3c3ccccn3)nc2cc1C. The van der Waals surface area contributed by atoms with Crippen molar-refractivity contribution in [1.29, 1.82) is 0 Å². The molecular formula is C26H21N3O4S. The molecule has 170 valence electrons.